The lowest BCUT2D eigenvalue weighted by molar-refractivity contribution is -0.140. The molecule has 45 heavy (non-hydrogen) atoms. The number of fused-ring (bicyclic) bond motifs is 3. The topological polar surface area (TPSA) is 229 Å². The van der Waals surface area contributed by atoms with E-state index in [0.29, 0.717) is 11.6 Å². The van der Waals surface area contributed by atoms with Crippen LogP contribution >= 0.6 is 0 Å². The number of benzene rings is 1. The number of hydrogen-bond donors (Lipinski definition) is 7. The van der Waals surface area contributed by atoms with Crippen molar-refractivity contribution in [3.05, 3.63) is 40.2 Å². The molecule has 15 heteroatoms. The molecule has 2 aromatic rings. The van der Waals surface area contributed by atoms with E-state index in [1.54, 1.807) is 12.1 Å². The molecule has 1 aliphatic heterocycles. The maximum Gasteiger partial charge on any atom is 0.415 e. The Kier molecular flexibility index (Phi) is 8.38. The summed E-state index contributed by atoms with van der Waals surface area (Å²) in [6, 6.07) is 4.29. The average Bonchev–Trinajstić information content (AvgIpc) is 3.31. The molecule has 2 bridgehead atoms. The molecule has 15 nitrogen and oxygen atoms in total. The summed E-state index contributed by atoms with van der Waals surface area (Å²) in [7, 11) is 0. The highest BCUT2D eigenvalue weighted by Crippen LogP contribution is 2.66. The van der Waals surface area contributed by atoms with Crippen LogP contribution in [0, 0.1) is 16.7 Å². The predicted molar refractivity (Wildman–Crippen MR) is 164 cm³/mol. The van der Waals surface area contributed by atoms with E-state index < -0.39 is 48.0 Å². The molecule has 8 N–H and O–H groups in total. The minimum absolute atomic E-state index is 0.0164. The van der Waals surface area contributed by atoms with Gasteiger partial charge in [0.2, 0.25) is 5.95 Å². The number of aromatic amines is 1. The standard InChI is InChI=1S/C30H39N7O8/c1-29(2)16-10-11-30(29,3)20(12-16)45-28(44)37-18(14-33-23-22(37)25(41)36-27(31)35-23)13-32-17-6-4-15(5-7-17)24(40)34-19(26(42)43)8-9-21(38)39/h4-7,16,18-20,32H,8-14H2,1-3H3,(H,34,40)(H,38,39)(H,42,43)(H4,31,33,35,36,41)/t16-,18-,19+,20-,30+/m1/s1. The Bertz CT molecular complexity index is 1560. The van der Waals surface area contributed by atoms with E-state index in [-0.39, 0.29) is 59.5 Å². The molecule has 1 aromatic carbocycles. The van der Waals surface area contributed by atoms with Crippen LogP contribution in [0.4, 0.5) is 27.9 Å². The Balaban J connectivity index is 1.29. The number of nitrogens with zero attached hydrogens (tertiary/aromatic N) is 2. The quantitative estimate of drug-likeness (QED) is 0.202. The molecule has 2 heterocycles. The van der Waals surface area contributed by atoms with Crippen LogP contribution in [0.3, 0.4) is 0 Å². The third kappa shape index (κ3) is 5.98. The van der Waals surface area contributed by atoms with Gasteiger partial charge < -0.3 is 36.6 Å². The number of carbonyl (C=O) groups is 4. The number of H-pyrrole nitrogens is 1. The van der Waals surface area contributed by atoms with Crippen molar-refractivity contribution in [3.8, 4) is 0 Å². The first-order valence-electron chi connectivity index (χ1n) is 14.9. The van der Waals surface area contributed by atoms with Crippen LogP contribution in [0.2, 0.25) is 0 Å². The van der Waals surface area contributed by atoms with Gasteiger partial charge in [-0.1, -0.05) is 20.8 Å². The molecule has 2 aliphatic carbocycles. The van der Waals surface area contributed by atoms with Crippen molar-refractivity contribution >= 4 is 47.1 Å². The second-order valence-electron chi connectivity index (χ2n) is 12.8. The van der Waals surface area contributed by atoms with E-state index in [2.05, 4.69) is 46.7 Å². The zero-order valence-electron chi connectivity index (χ0n) is 25.4. The fraction of sp³-hybridized carbons (Fsp3) is 0.533. The zero-order chi connectivity index (χ0) is 32.7. The van der Waals surface area contributed by atoms with Gasteiger partial charge in [0.1, 0.15) is 12.1 Å². The SMILES string of the molecule is CC1(C)[C@@H]2CC[C@@]1(C)[C@H](OC(=O)N1c3c(nc(N)[nH]c3=O)NC[C@H]1CNc1ccc(C(=O)N[C@@H](CCC(=O)O)C(=O)O)cc1)C2. The molecule has 2 saturated carbocycles. The lowest BCUT2D eigenvalue weighted by atomic mass is 9.70. The van der Waals surface area contributed by atoms with E-state index in [9.17, 15) is 29.1 Å². The van der Waals surface area contributed by atoms with Gasteiger partial charge in [0.25, 0.3) is 11.5 Å². The number of carboxylic acid groups (broad SMARTS) is 2. The van der Waals surface area contributed by atoms with Crippen LogP contribution in [-0.4, -0.2) is 75.4 Å². The molecule has 5 atom stereocenters. The summed E-state index contributed by atoms with van der Waals surface area (Å²) >= 11 is 0. The third-order valence-electron chi connectivity index (χ3n) is 10.1. The molecule has 0 unspecified atom stereocenters. The van der Waals surface area contributed by atoms with Crippen molar-refractivity contribution in [1.29, 1.82) is 0 Å². The lowest BCUT2D eigenvalue weighted by Crippen LogP contribution is -2.54. The summed E-state index contributed by atoms with van der Waals surface area (Å²) in [5.41, 5.74) is 5.81. The van der Waals surface area contributed by atoms with Gasteiger partial charge in [-0.25, -0.2) is 9.59 Å². The minimum Gasteiger partial charge on any atom is -0.481 e. The second kappa shape index (κ2) is 11.9. The van der Waals surface area contributed by atoms with Crippen LogP contribution < -0.4 is 32.1 Å². The summed E-state index contributed by atoms with van der Waals surface area (Å²) in [4.78, 5) is 69.8. The maximum absolute atomic E-state index is 13.9. The van der Waals surface area contributed by atoms with E-state index in [0.717, 1.165) is 19.3 Å². The molecule has 1 aromatic heterocycles. The largest absolute Gasteiger partial charge is 0.481 e. The fourth-order valence-electron chi connectivity index (χ4n) is 6.95. The molecule has 0 spiro atoms. The molecule has 0 radical (unpaired) electrons. The fourth-order valence-corrected chi connectivity index (χ4v) is 6.95. The van der Waals surface area contributed by atoms with Crippen molar-refractivity contribution < 1.29 is 34.1 Å². The number of aromatic nitrogens is 2. The minimum atomic E-state index is -1.35. The molecule has 3 aliphatic rings. The first kappa shape index (κ1) is 31.6. The molecule has 2 amide bonds. The van der Waals surface area contributed by atoms with E-state index in [1.807, 2.05) is 0 Å². The predicted octanol–water partition coefficient (Wildman–Crippen LogP) is 2.46. The first-order chi connectivity index (χ1) is 21.2. The number of aliphatic carboxylic acids is 2. The molecule has 242 valence electrons. The van der Waals surface area contributed by atoms with Crippen LogP contribution in [0.1, 0.15) is 63.2 Å². The van der Waals surface area contributed by atoms with Gasteiger partial charge in [0.05, 0.1) is 6.04 Å². The van der Waals surface area contributed by atoms with Crippen LogP contribution in [0.5, 0.6) is 0 Å². The average molecular weight is 626 g/mol. The van der Waals surface area contributed by atoms with Gasteiger partial charge in [-0.05, 0) is 61.3 Å². The van der Waals surface area contributed by atoms with Crippen molar-refractivity contribution in [1.82, 2.24) is 15.3 Å². The van der Waals surface area contributed by atoms with E-state index in [4.69, 9.17) is 15.6 Å². The third-order valence-corrected chi connectivity index (χ3v) is 10.1. The molecule has 2 fully saturated rings. The lowest BCUT2D eigenvalue weighted by Gasteiger charge is -2.41. The van der Waals surface area contributed by atoms with Gasteiger partial charge in [-0.2, -0.15) is 4.98 Å². The Morgan fingerprint density at radius 3 is 2.49 bits per heavy atom. The van der Waals surface area contributed by atoms with Gasteiger partial charge in [-0.3, -0.25) is 24.3 Å². The van der Waals surface area contributed by atoms with Gasteiger partial charge in [-0.15, -0.1) is 0 Å². The second-order valence-corrected chi connectivity index (χ2v) is 12.8. The number of carboxylic acids is 2. The number of hydrogen-bond acceptors (Lipinski definition) is 10. The Labute approximate surface area is 258 Å². The molecule has 0 saturated heterocycles. The van der Waals surface area contributed by atoms with Crippen LogP contribution in [0.25, 0.3) is 0 Å². The molecular formula is C30H39N7O8. The number of nitrogens with one attached hydrogen (secondary N) is 4. The molecule has 5 rings (SSSR count). The van der Waals surface area contributed by atoms with Gasteiger partial charge in [0.15, 0.2) is 11.5 Å². The first-order valence-corrected chi connectivity index (χ1v) is 14.9. The van der Waals surface area contributed by atoms with Gasteiger partial charge in [0, 0.05) is 36.2 Å². The highest BCUT2D eigenvalue weighted by atomic mass is 16.6. The van der Waals surface area contributed by atoms with Crippen LogP contribution in [-0.2, 0) is 14.3 Å². The number of amides is 2. The van der Waals surface area contributed by atoms with Crippen LogP contribution in [0.15, 0.2) is 29.1 Å². The summed E-state index contributed by atoms with van der Waals surface area (Å²) in [6.45, 7) is 7.06. The highest BCUT2D eigenvalue weighted by molar-refractivity contribution is 5.97. The number of rotatable bonds is 10. The van der Waals surface area contributed by atoms with E-state index in [1.165, 1.54) is 17.0 Å². The van der Waals surface area contributed by atoms with Crippen molar-refractivity contribution in [3.63, 3.8) is 0 Å². The maximum atomic E-state index is 13.9. The smallest absolute Gasteiger partial charge is 0.415 e. The Morgan fingerprint density at radius 1 is 1.18 bits per heavy atom. The summed E-state index contributed by atoms with van der Waals surface area (Å²) in [5, 5.41) is 26.8. The van der Waals surface area contributed by atoms with Gasteiger partial charge >= 0.3 is 18.0 Å². The highest BCUT2D eigenvalue weighted by Gasteiger charge is 2.63. The van der Waals surface area contributed by atoms with Crippen molar-refractivity contribution in [2.45, 2.75) is 71.1 Å². The van der Waals surface area contributed by atoms with Crippen molar-refractivity contribution in [2.24, 2.45) is 16.7 Å². The Hall–Kier alpha value is -4.82. The zero-order valence-corrected chi connectivity index (χ0v) is 25.4. The summed E-state index contributed by atoms with van der Waals surface area (Å²) < 4.78 is 6.17. The number of nitrogens with two attached hydrogens (primary N) is 1. The number of ether oxygens (including phenoxy) is 1. The normalized spacial score (nSPS) is 25.0. The monoisotopic (exact) mass is 625 g/mol. The Morgan fingerprint density at radius 2 is 1.89 bits per heavy atom. The van der Waals surface area contributed by atoms with Crippen molar-refractivity contribution in [2.75, 3.05) is 34.4 Å². The summed E-state index contributed by atoms with van der Waals surface area (Å²) in [6.07, 6.45) is 1.22. The number of carbonyl (C=O) groups excluding carboxylic acids is 2. The number of anilines is 4. The molecular weight excluding hydrogens is 586 g/mol. The number of nitrogen functional groups attached to an aromatic ring is 1. The summed E-state index contributed by atoms with van der Waals surface area (Å²) in [5.74, 6) is -2.61. The van der Waals surface area contributed by atoms with E-state index >= 15 is 0 Å².